The monoisotopic (exact) mass is 346 g/mol. The lowest BCUT2D eigenvalue weighted by Gasteiger charge is -2.55. The van der Waals surface area contributed by atoms with E-state index in [2.05, 4.69) is 18.2 Å². The highest BCUT2D eigenvalue weighted by Crippen LogP contribution is 2.66. The molecule has 4 rings (SSSR count). The summed E-state index contributed by atoms with van der Waals surface area (Å²) in [6.45, 7) is 2.22. The SMILES string of the molecule is CCC12CCC3C4CCC(=O)C=C4CCC3C1CC[C@]2(O)C#CCl. The van der Waals surface area contributed by atoms with Gasteiger partial charge in [0.25, 0.3) is 0 Å². The Balaban J connectivity index is 1.67. The molecule has 4 aliphatic rings. The van der Waals surface area contributed by atoms with Crippen molar-refractivity contribution in [2.45, 2.75) is 70.3 Å². The predicted octanol–water partition coefficient (Wildman–Crippen LogP) is 4.45. The second-order valence-electron chi connectivity index (χ2n) is 8.47. The summed E-state index contributed by atoms with van der Waals surface area (Å²) < 4.78 is 0. The zero-order valence-electron chi connectivity index (χ0n) is 14.5. The molecule has 0 heterocycles. The molecule has 5 unspecified atom stereocenters. The largest absolute Gasteiger partial charge is 0.377 e. The molecule has 1 N–H and O–H groups in total. The van der Waals surface area contributed by atoms with Crippen LogP contribution in [0.4, 0.5) is 0 Å². The van der Waals surface area contributed by atoms with E-state index in [9.17, 15) is 9.90 Å². The van der Waals surface area contributed by atoms with Crippen LogP contribution in [0.5, 0.6) is 0 Å². The highest BCUT2D eigenvalue weighted by molar-refractivity contribution is 6.30. The summed E-state index contributed by atoms with van der Waals surface area (Å²) in [7, 11) is 0. The molecule has 0 radical (unpaired) electrons. The Morgan fingerprint density at radius 1 is 1.21 bits per heavy atom. The minimum absolute atomic E-state index is 0.0816. The van der Waals surface area contributed by atoms with E-state index in [0.717, 1.165) is 51.4 Å². The lowest BCUT2D eigenvalue weighted by Crippen LogP contribution is -2.53. The smallest absolute Gasteiger partial charge is 0.155 e. The van der Waals surface area contributed by atoms with Crippen molar-refractivity contribution in [2.75, 3.05) is 0 Å². The molecule has 0 spiro atoms. The molecule has 4 aliphatic carbocycles. The summed E-state index contributed by atoms with van der Waals surface area (Å²) in [4.78, 5) is 11.8. The van der Waals surface area contributed by atoms with Crippen molar-refractivity contribution >= 4 is 17.4 Å². The van der Waals surface area contributed by atoms with Crippen LogP contribution in [0.3, 0.4) is 0 Å². The van der Waals surface area contributed by atoms with E-state index in [0.29, 0.717) is 29.5 Å². The lowest BCUT2D eigenvalue weighted by atomic mass is 9.49. The van der Waals surface area contributed by atoms with Gasteiger partial charge in [-0.3, -0.25) is 4.79 Å². The van der Waals surface area contributed by atoms with Crippen LogP contribution >= 0.6 is 11.6 Å². The molecule has 0 aromatic carbocycles. The maximum atomic E-state index is 11.8. The van der Waals surface area contributed by atoms with Crippen molar-refractivity contribution in [2.24, 2.45) is 29.1 Å². The zero-order chi connectivity index (χ0) is 16.9. The maximum Gasteiger partial charge on any atom is 0.155 e. The standard InChI is InChI=1S/C21H27ClO2/c1-2-20-9-7-17-16-6-4-15(23)13-14(16)3-5-18(17)19(20)8-10-21(20,24)11-12-22/h13,16-19,24H,2-10H2,1H3/t16?,17?,18?,19?,20?,21-/m0/s1. The summed E-state index contributed by atoms with van der Waals surface area (Å²) >= 11 is 5.70. The van der Waals surface area contributed by atoms with Gasteiger partial charge in [0.05, 0.1) is 0 Å². The van der Waals surface area contributed by atoms with Crippen LogP contribution < -0.4 is 0 Å². The Morgan fingerprint density at radius 3 is 2.79 bits per heavy atom. The average Bonchev–Trinajstić information content (AvgIpc) is 2.88. The third kappa shape index (κ3) is 2.17. The Labute approximate surface area is 150 Å². The van der Waals surface area contributed by atoms with Crippen molar-refractivity contribution in [1.29, 1.82) is 0 Å². The van der Waals surface area contributed by atoms with Crippen LogP contribution in [-0.4, -0.2) is 16.5 Å². The molecular formula is C21H27ClO2. The van der Waals surface area contributed by atoms with Crippen LogP contribution in [0.1, 0.15) is 64.7 Å². The van der Waals surface area contributed by atoms with Crippen molar-refractivity contribution < 1.29 is 9.90 Å². The van der Waals surface area contributed by atoms with Crippen molar-refractivity contribution in [1.82, 2.24) is 0 Å². The van der Waals surface area contributed by atoms with E-state index in [1.165, 1.54) is 12.0 Å². The van der Waals surface area contributed by atoms with Gasteiger partial charge in [-0.05, 0) is 92.7 Å². The molecule has 130 valence electrons. The van der Waals surface area contributed by atoms with Gasteiger partial charge in [-0.25, -0.2) is 0 Å². The number of aliphatic hydroxyl groups is 1. The molecule has 0 aliphatic heterocycles. The summed E-state index contributed by atoms with van der Waals surface area (Å²) in [6.07, 6.45) is 11.0. The van der Waals surface area contributed by atoms with E-state index in [4.69, 9.17) is 11.6 Å². The lowest BCUT2D eigenvalue weighted by molar-refractivity contribution is -0.117. The number of hydrogen-bond donors (Lipinski definition) is 1. The van der Waals surface area contributed by atoms with Gasteiger partial charge in [-0.2, -0.15) is 0 Å². The van der Waals surface area contributed by atoms with Gasteiger partial charge in [-0.15, -0.1) is 0 Å². The molecule has 0 aromatic heterocycles. The Kier molecular flexibility index (Phi) is 4.09. The number of hydrogen-bond acceptors (Lipinski definition) is 2. The Hall–Kier alpha value is -0.780. The summed E-state index contributed by atoms with van der Waals surface area (Å²) in [5, 5.41) is 13.8. The first-order valence-electron chi connectivity index (χ1n) is 9.63. The van der Waals surface area contributed by atoms with Crippen LogP contribution in [0.2, 0.25) is 0 Å². The fourth-order valence-corrected chi connectivity index (χ4v) is 7.17. The quantitative estimate of drug-likeness (QED) is 0.712. The van der Waals surface area contributed by atoms with E-state index in [1.54, 1.807) is 0 Å². The Bertz CT molecular complexity index is 642. The minimum Gasteiger partial charge on any atom is -0.377 e. The van der Waals surface area contributed by atoms with E-state index in [-0.39, 0.29) is 5.41 Å². The normalized spacial score (nSPS) is 47.0. The van der Waals surface area contributed by atoms with Crippen LogP contribution in [0.25, 0.3) is 0 Å². The molecule has 6 atom stereocenters. The summed E-state index contributed by atoms with van der Waals surface area (Å²) in [5.74, 6) is 5.87. The van der Waals surface area contributed by atoms with Gasteiger partial charge in [0.2, 0.25) is 0 Å². The van der Waals surface area contributed by atoms with Crippen LogP contribution in [0, 0.1) is 40.4 Å². The maximum absolute atomic E-state index is 11.8. The number of halogens is 1. The molecule has 2 nitrogen and oxygen atoms in total. The first-order chi connectivity index (χ1) is 11.5. The summed E-state index contributed by atoms with van der Waals surface area (Å²) in [6, 6.07) is 0. The fourth-order valence-electron chi connectivity index (χ4n) is 7.01. The van der Waals surface area contributed by atoms with Gasteiger partial charge < -0.3 is 5.11 Å². The number of carbonyl (C=O) groups is 1. The predicted molar refractivity (Wildman–Crippen MR) is 95.3 cm³/mol. The van der Waals surface area contributed by atoms with Crippen molar-refractivity contribution in [3.63, 3.8) is 0 Å². The first kappa shape index (κ1) is 16.7. The number of allylic oxidation sites excluding steroid dienone is 1. The zero-order valence-corrected chi connectivity index (χ0v) is 15.2. The second-order valence-corrected chi connectivity index (χ2v) is 8.66. The van der Waals surface area contributed by atoms with Gasteiger partial charge in [0.1, 0.15) is 5.60 Å². The number of rotatable bonds is 1. The van der Waals surface area contributed by atoms with E-state index in [1.807, 2.05) is 6.08 Å². The molecule has 3 fully saturated rings. The van der Waals surface area contributed by atoms with Crippen LogP contribution in [0.15, 0.2) is 11.6 Å². The molecule has 3 saturated carbocycles. The number of carbonyl (C=O) groups excluding carboxylic acids is 1. The highest BCUT2D eigenvalue weighted by Gasteiger charge is 2.63. The molecule has 0 aromatic rings. The Morgan fingerprint density at radius 2 is 2.04 bits per heavy atom. The van der Waals surface area contributed by atoms with Crippen molar-refractivity contribution in [3.05, 3.63) is 11.6 Å². The van der Waals surface area contributed by atoms with E-state index >= 15 is 0 Å². The van der Waals surface area contributed by atoms with Crippen molar-refractivity contribution in [3.8, 4) is 11.3 Å². The first-order valence-corrected chi connectivity index (χ1v) is 10.0. The molecule has 0 amide bonds. The second kappa shape index (κ2) is 5.89. The average molecular weight is 347 g/mol. The topological polar surface area (TPSA) is 37.3 Å². The van der Waals surface area contributed by atoms with Crippen LogP contribution in [-0.2, 0) is 4.79 Å². The molecule has 0 saturated heterocycles. The summed E-state index contributed by atoms with van der Waals surface area (Å²) in [5.41, 5.74) is 0.435. The van der Waals surface area contributed by atoms with Gasteiger partial charge in [0.15, 0.2) is 5.78 Å². The number of fused-ring (bicyclic) bond motifs is 5. The van der Waals surface area contributed by atoms with Gasteiger partial charge >= 0.3 is 0 Å². The van der Waals surface area contributed by atoms with Gasteiger partial charge in [0, 0.05) is 17.2 Å². The molecule has 0 bridgehead atoms. The molecule has 3 heteroatoms. The fraction of sp³-hybridized carbons (Fsp3) is 0.762. The third-order valence-electron chi connectivity index (χ3n) is 8.03. The molecular weight excluding hydrogens is 320 g/mol. The minimum atomic E-state index is -0.905. The van der Waals surface area contributed by atoms with Gasteiger partial charge in [-0.1, -0.05) is 18.4 Å². The highest BCUT2D eigenvalue weighted by atomic mass is 35.5. The number of ketones is 1. The molecule has 24 heavy (non-hydrogen) atoms. The van der Waals surface area contributed by atoms with E-state index < -0.39 is 5.60 Å². The third-order valence-corrected chi connectivity index (χ3v) is 8.13.